The minimum atomic E-state index is -0.443. The molecule has 0 spiro atoms. The van der Waals surface area contributed by atoms with E-state index in [1.165, 1.54) is 17.5 Å². The first kappa shape index (κ1) is 13.0. The van der Waals surface area contributed by atoms with Gasteiger partial charge in [0.2, 0.25) is 5.91 Å². The van der Waals surface area contributed by atoms with Crippen LogP contribution in [-0.4, -0.2) is 31.1 Å². The Kier molecular flexibility index (Phi) is 3.58. The molecule has 1 aliphatic carbocycles. The van der Waals surface area contributed by atoms with E-state index >= 15 is 0 Å². The zero-order chi connectivity index (χ0) is 13.9. The van der Waals surface area contributed by atoms with Crippen molar-refractivity contribution in [3.05, 3.63) is 35.4 Å². The minimum absolute atomic E-state index is 0.105. The van der Waals surface area contributed by atoms with E-state index in [-0.39, 0.29) is 11.9 Å². The van der Waals surface area contributed by atoms with Gasteiger partial charge in [-0.1, -0.05) is 24.3 Å². The average molecular weight is 273 g/mol. The van der Waals surface area contributed by atoms with E-state index in [9.17, 15) is 9.59 Å². The van der Waals surface area contributed by atoms with Crippen LogP contribution >= 0.6 is 0 Å². The second-order valence-electron chi connectivity index (χ2n) is 5.44. The van der Waals surface area contributed by atoms with Crippen LogP contribution in [0.5, 0.6) is 0 Å². The minimum Gasteiger partial charge on any atom is -0.354 e. The summed E-state index contributed by atoms with van der Waals surface area (Å²) in [5.41, 5.74) is 2.75. The largest absolute Gasteiger partial charge is 0.354 e. The molecular formula is C15H19N3O2. The molecule has 1 aromatic carbocycles. The first-order valence-corrected chi connectivity index (χ1v) is 7.14. The van der Waals surface area contributed by atoms with Crippen molar-refractivity contribution in [3.63, 3.8) is 0 Å². The summed E-state index contributed by atoms with van der Waals surface area (Å²) in [6.07, 6.45) is 3.40. The van der Waals surface area contributed by atoms with Crippen molar-refractivity contribution < 1.29 is 9.59 Å². The molecule has 0 unspecified atom stereocenters. The van der Waals surface area contributed by atoms with Gasteiger partial charge in [-0.2, -0.15) is 0 Å². The van der Waals surface area contributed by atoms with Gasteiger partial charge < -0.3 is 16.0 Å². The third-order valence-corrected chi connectivity index (χ3v) is 4.10. The van der Waals surface area contributed by atoms with Gasteiger partial charge in [0.1, 0.15) is 6.04 Å². The quantitative estimate of drug-likeness (QED) is 0.766. The van der Waals surface area contributed by atoms with E-state index in [4.69, 9.17) is 0 Å². The molecule has 3 N–H and O–H groups in total. The molecule has 3 rings (SSSR count). The first-order chi connectivity index (χ1) is 9.74. The zero-order valence-electron chi connectivity index (χ0n) is 11.3. The number of hydrogen-bond donors (Lipinski definition) is 3. The van der Waals surface area contributed by atoms with Crippen LogP contribution in [0, 0.1) is 0 Å². The van der Waals surface area contributed by atoms with E-state index in [0.717, 1.165) is 12.8 Å². The molecular weight excluding hydrogens is 254 g/mol. The fourth-order valence-corrected chi connectivity index (χ4v) is 3.03. The number of benzene rings is 1. The highest BCUT2D eigenvalue weighted by molar-refractivity contribution is 5.90. The standard InChI is InChI=1S/C15H19N3O2/c19-14(13-9-17-15(20)18-13)16-8-11-6-3-5-10-4-1-2-7-12(10)11/h1-2,4,7,11,13H,3,5-6,8-9H2,(H,16,19)(H2,17,18,20)/t11-,13+/m0/s1. The third kappa shape index (κ3) is 2.61. The van der Waals surface area contributed by atoms with Crippen LogP contribution in [-0.2, 0) is 11.2 Å². The molecule has 106 valence electrons. The van der Waals surface area contributed by atoms with Crippen molar-refractivity contribution in [2.24, 2.45) is 0 Å². The Labute approximate surface area is 118 Å². The number of carbonyl (C=O) groups excluding carboxylic acids is 2. The molecule has 0 saturated carbocycles. The number of amides is 3. The van der Waals surface area contributed by atoms with Gasteiger partial charge in [-0.05, 0) is 30.4 Å². The molecule has 2 atom stereocenters. The predicted molar refractivity (Wildman–Crippen MR) is 75.5 cm³/mol. The Bertz CT molecular complexity index is 530. The van der Waals surface area contributed by atoms with Crippen LogP contribution in [0.4, 0.5) is 4.79 Å². The molecule has 1 heterocycles. The lowest BCUT2D eigenvalue weighted by Gasteiger charge is -2.26. The predicted octanol–water partition coefficient (Wildman–Crippen LogP) is 0.904. The van der Waals surface area contributed by atoms with Crippen molar-refractivity contribution in [2.75, 3.05) is 13.1 Å². The smallest absolute Gasteiger partial charge is 0.315 e. The molecule has 1 saturated heterocycles. The lowest BCUT2D eigenvalue weighted by molar-refractivity contribution is -0.122. The molecule has 5 heteroatoms. The zero-order valence-corrected chi connectivity index (χ0v) is 11.3. The highest BCUT2D eigenvalue weighted by atomic mass is 16.2. The molecule has 0 radical (unpaired) electrons. The van der Waals surface area contributed by atoms with Gasteiger partial charge in [0.05, 0.1) is 0 Å². The maximum absolute atomic E-state index is 12.0. The topological polar surface area (TPSA) is 70.2 Å². The Hall–Kier alpha value is -2.04. The van der Waals surface area contributed by atoms with Crippen molar-refractivity contribution in [1.82, 2.24) is 16.0 Å². The lowest BCUT2D eigenvalue weighted by atomic mass is 9.83. The maximum Gasteiger partial charge on any atom is 0.315 e. The number of hydrogen-bond acceptors (Lipinski definition) is 2. The van der Waals surface area contributed by atoms with Gasteiger partial charge in [0.15, 0.2) is 0 Å². The molecule has 2 aliphatic rings. The molecule has 0 aromatic heterocycles. The first-order valence-electron chi connectivity index (χ1n) is 7.14. The highest BCUT2D eigenvalue weighted by Gasteiger charge is 2.27. The van der Waals surface area contributed by atoms with Gasteiger partial charge in [0, 0.05) is 19.0 Å². The van der Waals surface area contributed by atoms with Crippen LogP contribution in [0.3, 0.4) is 0 Å². The number of aryl methyl sites for hydroxylation is 1. The Morgan fingerprint density at radius 2 is 2.20 bits per heavy atom. The van der Waals surface area contributed by atoms with E-state index in [2.05, 4.69) is 40.2 Å². The van der Waals surface area contributed by atoms with E-state index in [1.807, 2.05) is 0 Å². The normalized spacial score (nSPS) is 24.5. The number of carbonyl (C=O) groups is 2. The van der Waals surface area contributed by atoms with Gasteiger partial charge in [-0.15, -0.1) is 0 Å². The van der Waals surface area contributed by atoms with E-state index in [0.29, 0.717) is 19.0 Å². The Morgan fingerprint density at radius 3 is 3.00 bits per heavy atom. The van der Waals surface area contributed by atoms with Crippen molar-refractivity contribution >= 4 is 11.9 Å². The lowest BCUT2D eigenvalue weighted by Crippen LogP contribution is -2.44. The second-order valence-corrected chi connectivity index (χ2v) is 5.44. The van der Waals surface area contributed by atoms with Crippen LogP contribution in [0.1, 0.15) is 29.9 Å². The SMILES string of the molecule is O=C1NC[C@H](C(=O)NC[C@@H]2CCCc3ccccc32)N1. The van der Waals surface area contributed by atoms with Crippen molar-refractivity contribution in [2.45, 2.75) is 31.2 Å². The van der Waals surface area contributed by atoms with Crippen molar-refractivity contribution in [3.8, 4) is 0 Å². The number of nitrogens with one attached hydrogen (secondary N) is 3. The molecule has 3 amide bonds. The van der Waals surface area contributed by atoms with E-state index < -0.39 is 6.04 Å². The molecule has 1 aliphatic heterocycles. The summed E-state index contributed by atoms with van der Waals surface area (Å²) in [6, 6.07) is 7.74. The Morgan fingerprint density at radius 1 is 1.35 bits per heavy atom. The summed E-state index contributed by atoms with van der Waals surface area (Å²) < 4.78 is 0. The van der Waals surface area contributed by atoms with Crippen LogP contribution < -0.4 is 16.0 Å². The van der Waals surface area contributed by atoms with Gasteiger partial charge in [-0.3, -0.25) is 4.79 Å². The number of rotatable bonds is 3. The summed E-state index contributed by atoms with van der Waals surface area (Å²) >= 11 is 0. The monoisotopic (exact) mass is 273 g/mol. The molecule has 1 aromatic rings. The number of urea groups is 1. The van der Waals surface area contributed by atoms with Crippen molar-refractivity contribution in [1.29, 1.82) is 0 Å². The highest BCUT2D eigenvalue weighted by Crippen LogP contribution is 2.30. The van der Waals surface area contributed by atoms with Crippen LogP contribution in [0.2, 0.25) is 0 Å². The fraction of sp³-hybridized carbons (Fsp3) is 0.467. The fourth-order valence-electron chi connectivity index (χ4n) is 3.03. The summed E-state index contributed by atoms with van der Waals surface area (Å²) in [4.78, 5) is 23.0. The summed E-state index contributed by atoms with van der Waals surface area (Å²) in [7, 11) is 0. The summed E-state index contributed by atoms with van der Waals surface area (Å²) in [5, 5.41) is 8.15. The van der Waals surface area contributed by atoms with Crippen LogP contribution in [0.25, 0.3) is 0 Å². The van der Waals surface area contributed by atoms with Gasteiger partial charge >= 0.3 is 6.03 Å². The summed E-state index contributed by atoms with van der Waals surface area (Å²) in [5.74, 6) is 0.278. The molecule has 5 nitrogen and oxygen atoms in total. The molecule has 0 bridgehead atoms. The summed E-state index contributed by atoms with van der Waals surface area (Å²) in [6.45, 7) is 1.01. The van der Waals surface area contributed by atoms with Crippen LogP contribution in [0.15, 0.2) is 24.3 Å². The molecule has 1 fully saturated rings. The van der Waals surface area contributed by atoms with Gasteiger partial charge in [0.25, 0.3) is 0 Å². The number of fused-ring (bicyclic) bond motifs is 1. The molecule has 20 heavy (non-hydrogen) atoms. The van der Waals surface area contributed by atoms with E-state index in [1.54, 1.807) is 0 Å². The average Bonchev–Trinajstić information content (AvgIpc) is 2.91. The third-order valence-electron chi connectivity index (χ3n) is 4.10. The maximum atomic E-state index is 12.0. The van der Waals surface area contributed by atoms with Gasteiger partial charge in [-0.25, -0.2) is 4.79 Å². The Balaban J connectivity index is 1.59. The second kappa shape index (κ2) is 5.53.